The van der Waals surface area contributed by atoms with Gasteiger partial charge >= 0.3 is 0 Å². The van der Waals surface area contributed by atoms with Gasteiger partial charge in [-0.3, -0.25) is 0 Å². The standard InChI is InChI=1S/C16H18N2.C4H8/c1-3-7-15(8-4-1)17-11-13-18(14-12-17)16-9-5-2-6-10-16;1-3-4-2/h1-10H,11-14H2;3-4H,1-2H3. The highest BCUT2D eigenvalue weighted by molar-refractivity contribution is 5.51. The third-order valence-electron chi connectivity index (χ3n) is 3.86. The fourth-order valence-electron chi connectivity index (χ4n) is 2.50. The summed E-state index contributed by atoms with van der Waals surface area (Å²) in [6.45, 7) is 8.38. The van der Waals surface area contributed by atoms with Gasteiger partial charge in [-0.1, -0.05) is 48.6 Å². The van der Waals surface area contributed by atoms with Gasteiger partial charge in [0, 0.05) is 37.6 Å². The van der Waals surface area contributed by atoms with Gasteiger partial charge in [0.2, 0.25) is 0 Å². The summed E-state index contributed by atoms with van der Waals surface area (Å²) >= 11 is 0. The summed E-state index contributed by atoms with van der Waals surface area (Å²) in [6, 6.07) is 21.4. The van der Waals surface area contributed by atoms with Gasteiger partial charge in [0.1, 0.15) is 0 Å². The Morgan fingerprint density at radius 2 is 0.909 bits per heavy atom. The molecule has 1 fully saturated rings. The van der Waals surface area contributed by atoms with Crippen LogP contribution in [-0.4, -0.2) is 26.2 Å². The van der Waals surface area contributed by atoms with Crippen LogP contribution >= 0.6 is 0 Å². The van der Waals surface area contributed by atoms with Crippen LogP contribution in [0.2, 0.25) is 0 Å². The van der Waals surface area contributed by atoms with Crippen molar-refractivity contribution < 1.29 is 0 Å². The number of para-hydroxylation sites is 2. The Hall–Kier alpha value is -2.22. The van der Waals surface area contributed by atoms with E-state index in [2.05, 4.69) is 70.5 Å². The van der Waals surface area contributed by atoms with Crippen LogP contribution in [0.4, 0.5) is 11.4 Å². The van der Waals surface area contributed by atoms with Crippen molar-refractivity contribution >= 4 is 11.4 Å². The molecular formula is C20H26N2. The monoisotopic (exact) mass is 294 g/mol. The van der Waals surface area contributed by atoms with Crippen LogP contribution in [0.15, 0.2) is 72.8 Å². The summed E-state index contributed by atoms with van der Waals surface area (Å²) in [5.41, 5.74) is 2.68. The Bertz CT molecular complexity index is 489. The molecule has 0 spiro atoms. The lowest BCUT2D eigenvalue weighted by atomic mass is 10.2. The van der Waals surface area contributed by atoms with Gasteiger partial charge < -0.3 is 9.80 Å². The van der Waals surface area contributed by atoms with Crippen molar-refractivity contribution in [2.24, 2.45) is 0 Å². The molecule has 0 N–H and O–H groups in total. The van der Waals surface area contributed by atoms with Crippen molar-refractivity contribution in [3.63, 3.8) is 0 Å². The molecule has 0 bridgehead atoms. The van der Waals surface area contributed by atoms with E-state index in [4.69, 9.17) is 0 Å². The SMILES string of the molecule is CC=CC.c1ccc(N2CCN(c3ccccc3)CC2)cc1. The van der Waals surface area contributed by atoms with Gasteiger partial charge in [-0.15, -0.1) is 0 Å². The van der Waals surface area contributed by atoms with Crippen LogP contribution in [0.5, 0.6) is 0 Å². The van der Waals surface area contributed by atoms with Crippen LogP contribution in [0.25, 0.3) is 0 Å². The molecule has 1 saturated heterocycles. The van der Waals surface area contributed by atoms with Crippen LogP contribution < -0.4 is 9.80 Å². The number of piperazine rings is 1. The van der Waals surface area contributed by atoms with Gasteiger partial charge in [0.05, 0.1) is 0 Å². The zero-order valence-electron chi connectivity index (χ0n) is 13.7. The first kappa shape index (κ1) is 16.2. The molecule has 2 aromatic carbocycles. The molecule has 0 radical (unpaired) electrons. The molecule has 1 aliphatic heterocycles. The first-order valence-corrected chi connectivity index (χ1v) is 8.02. The molecule has 0 atom stereocenters. The van der Waals surface area contributed by atoms with Gasteiger partial charge in [-0.2, -0.15) is 0 Å². The average Bonchev–Trinajstić information content (AvgIpc) is 2.63. The van der Waals surface area contributed by atoms with Crippen LogP contribution in [-0.2, 0) is 0 Å². The number of benzene rings is 2. The smallest absolute Gasteiger partial charge is 0.0367 e. The average molecular weight is 294 g/mol. The van der Waals surface area contributed by atoms with Gasteiger partial charge in [0.15, 0.2) is 0 Å². The molecule has 2 heteroatoms. The lowest BCUT2D eigenvalue weighted by Crippen LogP contribution is -2.46. The molecule has 0 unspecified atom stereocenters. The summed E-state index contributed by atoms with van der Waals surface area (Å²) in [7, 11) is 0. The number of hydrogen-bond donors (Lipinski definition) is 0. The Balaban J connectivity index is 0.000000396. The third kappa shape index (κ3) is 4.66. The summed E-state index contributed by atoms with van der Waals surface area (Å²) in [4.78, 5) is 4.92. The summed E-state index contributed by atoms with van der Waals surface area (Å²) in [6.07, 6.45) is 4.00. The number of anilines is 2. The van der Waals surface area contributed by atoms with E-state index >= 15 is 0 Å². The maximum absolute atomic E-state index is 2.46. The lowest BCUT2D eigenvalue weighted by Gasteiger charge is -2.37. The highest BCUT2D eigenvalue weighted by Crippen LogP contribution is 2.19. The molecule has 0 amide bonds. The third-order valence-corrected chi connectivity index (χ3v) is 3.86. The quantitative estimate of drug-likeness (QED) is 0.747. The van der Waals surface area contributed by atoms with Crippen molar-refractivity contribution in [3.05, 3.63) is 72.8 Å². The van der Waals surface area contributed by atoms with Crippen molar-refractivity contribution in [2.45, 2.75) is 13.8 Å². The number of rotatable bonds is 2. The van der Waals surface area contributed by atoms with E-state index in [9.17, 15) is 0 Å². The van der Waals surface area contributed by atoms with E-state index < -0.39 is 0 Å². The molecule has 0 aromatic heterocycles. The van der Waals surface area contributed by atoms with E-state index in [-0.39, 0.29) is 0 Å². The molecule has 3 rings (SSSR count). The molecule has 22 heavy (non-hydrogen) atoms. The minimum atomic E-state index is 1.10. The number of hydrogen-bond acceptors (Lipinski definition) is 2. The van der Waals surface area contributed by atoms with E-state index in [0.717, 1.165) is 26.2 Å². The minimum Gasteiger partial charge on any atom is -0.368 e. The molecule has 0 aliphatic carbocycles. The van der Waals surface area contributed by atoms with Crippen molar-refractivity contribution in [1.82, 2.24) is 0 Å². The predicted molar refractivity (Wildman–Crippen MR) is 97.8 cm³/mol. The molecule has 1 heterocycles. The summed E-state index contributed by atoms with van der Waals surface area (Å²) < 4.78 is 0. The highest BCUT2D eigenvalue weighted by Gasteiger charge is 2.16. The molecule has 2 nitrogen and oxygen atoms in total. The largest absolute Gasteiger partial charge is 0.368 e. The topological polar surface area (TPSA) is 6.48 Å². The first-order chi connectivity index (χ1) is 10.8. The van der Waals surface area contributed by atoms with Crippen LogP contribution in [0, 0.1) is 0 Å². The van der Waals surface area contributed by atoms with E-state index in [1.165, 1.54) is 11.4 Å². The zero-order chi connectivity index (χ0) is 15.6. The first-order valence-electron chi connectivity index (χ1n) is 8.02. The zero-order valence-corrected chi connectivity index (χ0v) is 13.7. The lowest BCUT2D eigenvalue weighted by molar-refractivity contribution is 0.653. The van der Waals surface area contributed by atoms with Gasteiger partial charge in [-0.05, 0) is 38.1 Å². The Labute approximate surface area is 134 Å². The van der Waals surface area contributed by atoms with Crippen molar-refractivity contribution in [2.75, 3.05) is 36.0 Å². The fraction of sp³-hybridized carbons (Fsp3) is 0.300. The Kier molecular flexibility index (Phi) is 6.56. The van der Waals surface area contributed by atoms with Crippen LogP contribution in [0.1, 0.15) is 13.8 Å². The second-order valence-corrected chi connectivity index (χ2v) is 5.31. The predicted octanol–water partition coefficient (Wildman–Crippen LogP) is 4.60. The number of nitrogens with zero attached hydrogens (tertiary/aromatic N) is 2. The minimum absolute atomic E-state index is 1.10. The molecular weight excluding hydrogens is 268 g/mol. The van der Waals surface area contributed by atoms with Gasteiger partial charge in [0.25, 0.3) is 0 Å². The van der Waals surface area contributed by atoms with E-state index in [1.54, 1.807) is 0 Å². The molecule has 0 saturated carbocycles. The fourth-order valence-corrected chi connectivity index (χ4v) is 2.50. The maximum Gasteiger partial charge on any atom is 0.0367 e. The number of allylic oxidation sites excluding steroid dienone is 2. The van der Waals surface area contributed by atoms with E-state index in [1.807, 2.05) is 26.0 Å². The van der Waals surface area contributed by atoms with E-state index in [0.29, 0.717) is 0 Å². The Morgan fingerprint density at radius 3 is 1.18 bits per heavy atom. The Morgan fingerprint density at radius 1 is 0.591 bits per heavy atom. The van der Waals surface area contributed by atoms with Gasteiger partial charge in [-0.25, -0.2) is 0 Å². The maximum atomic E-state index is 2.46. The second kappa shape index (κ2) is 8.93. The summed E-state index contributed by atoms with van der Waals surface area (Å²) in [5.74, 6) is 0. The summed E-state index contributed by atoms with van der Waals surface area (Å²) in [5, 5.41) is 0. The normalized spacial score (nSPS) is 14.6. The molecule has 116 valence electrons. The van der Waals surface area contributed by atoms with Crippen molar-refractivity contribution in [1.29, 1.82) is 0 Å². The van der Waals surface area contributed by atoms with Crippen molar-refractivity contribution in [3.8, 4) is 0 Å². The highest BCUT2D eigenvalue weighted by atomic mass is 15.3. The second-order valence-electron chi connectivity index (χ2n) is 5.31. The molecule has 1 aliphatic rings. The molecule has 2 aromatic rings. The van der Waals surface area contributed by atoms with Crippen LogP contribution in [0.3, 0.4) is 0 Å².